The van der Waals surface area contributed by atoms with Crippen molar-refractivity contribution in [2.75, 3.05) is 5.32 Å². The number of nitrogens with two attached hydrogens (primary N) is 1. The number of nitrogens with one attached hydrogen (secondary N) is 2. The summed E-state index contributed by atoms with van der Waals surface area (Å²) in [4.78, 5) is 22.4. The topological polar surface area (TPSA) is 101 Å². The Morgan fingerprint density at radius 2 is 2.12 bits per heavy atom. The van der Waals surface area contributed by atoms with Gasteiger partial charge in [-0.2, -0.15) is 5.10 Å². The van der Waals surface area contributed by atoms with Crippen molar-refractivity contribution >= 4 is 11.7 Å². The van der Waals surface area contributed by atoms with Gasteiger partial charge in [-0.25, -0.2) is 5.10 Å². The van der Waals surface area contributed by atoms with E-state index in [9.17, 15) is 9.59 Å². The monoisotopic (exact) mass is 224 g/mol. The Morgan fingerprint density at radius 3 is 2.56 bits per heavy atom. The highest BCUT2D eigenvalue weighted by atomic mass is 16.2. The lowest BCUT2D eigenvalue weighted by molar-refractivity contribution is -0.119. The molecule has 0 aromatic carbocycles. The fourth-order valence-corrected chi connectivity index (χ4v) is 1.01. The van der Waals surface area contributed by atoms with Gasteiger partial charge in [-0.15, -0.1) is 0 Å². The van der Waals surface area contributed by atoms with Crippen LogP contribution in [0.2, 0.25) is 0 Å². The molecule has 0 bridgehead atoms. The van der Waals surface area contributed by atoms with Gasteiger partial charge in [0.2, 0.25) is 5.91 Å². The molecule has 6 nitrogen and oxygen atoms in total. The van der Waals surface area contributed by atoms with E-state index in [1.54, 1.807) is 0 Å². The second kappa shape index (κ2) is 4.44. The van der Waals surface area contributed by atoms with Gasteiger partial charge in [0.15, 0.2) is 5.82 Å². The third kappa shape index (κ3) is 3.16. The summed E-state index contributed by atoms with van der Waals surface area (Å²) in [6.45, 7) is 5.62. The minimum atomic E-state index is -0.638. The first kappa shape index (κ1) is 12.4. The highest BCUT2D eigenvalue weighted by molar-refractivity contribution is 5.94. The fourth-order valence-electron chi connectivity index (χ4n) is 1.01. The number of hydrogen-bond acceptors (Lipinski definition) is 4. The van der Waals surface area contributed by atoms with Crippen LogP contribution in [0.15, 0.2) is 16.9 Å². The summed E-state index contributed by atoms with van der Waals surface area (Å²) in [5.41, 5.74) is 5.11. The molecule has 4 N–H and O–H groups in total. The van der Waals surface area contributed by atoms with Crippen molar-refractivity contribution < 1.29 is 4.79 Å². The molecule has 0 saturated carbocycles. The number of anilines is 1. The summed E-state index contributed by atoms with van der Waals surface area (Å²) >= 11 is 0. The molecule has 1 amide bonds. The molecule has 1 atom stereocenters. The van der Waals surface area contributed by atoms with Crippen LogP contribution in [0, 0.1) is 5.41 Å². The number of carbonyl (C=O) groups excluding carboxylic acids is 1. The molecule has 1 heterocycles. The fraction of sp³-hybridized carbons (Fsp3) is 0.500. The van der Waals surface area contributed by atoms with E-state index >= 15 is 0 Å². The van der Waals surface area contributed by atoms with E-state index in [1.807, 2.05) is 20.8 Å². The summed E-state index contributed by atoms with van der Waals surface area (Å²) in [6, 6.07) is 2.07. The van der Waals surface area contributed by atoms with E-state index in [0.29, 0.717) is 0 Å². The predicted octanol–water partition coefficient (Wildman–Crippen LogP) is 0.0818. The average Bonchev–Trinajstić information content (AvgIpc) is 2.19. The SMILES string of the molecule is CC(C)(C)[C@H](N)C(=O)Nc1ccc(=O)[nH]n1. The van der Waals surface area contributed by atoms with E-state index in [2.05, 4.69) is 15.5 Å². The highest BCUT2D eigenvalue weighted by Gasteiger charge is 2.27. The van der Waals surface area contributed by atoms with E-state index in [0.717, 1.165) is 0 Å². The van der Waals surface area contributed by atoms with Crippen LogP contribution in [-0.2, 0) is 4.79 Å². The molecule has 0 radical (unpaired) electrons. The molecule has 0 spiro atoms. The standard InChI is InChI=1S/C10H16N4O2/c1-10(2,3)8(11)9(16)12-6-4-5-7(15)14-13-6/h4-5,8H,11H2,1-3H3,(H,14,15)(H,12,13,16)/t8-/m1/s1. The van der Waals surface area contributed by atoms with E-state index < -0.39 is 6.04 Å². The first-order valence-corrected chi connectivity index (χ1v) is 4.93. The van der Waals surface area contributed by atoms with E-state index in [1.165, 1.54) is 12.1 Å². The molecule has 1 rings (SSSR count). The maximum absolute atomic E-state index is 11.7. The van der Waals surface area contributed by atoms with Gasteiger partial charge < -0.3 is 11.1 Å². The Kier molecular flexibility index (Phi) is 3.44. The van der Waals surface area contributed by atoms with Crippen LogP contribution in [0.1, 0.15) is 20.8 Å². The van der Waals surface area contributed by atoms with E-state index in [4.69, 9.17) is 5.73 Å². The van der Waals surface area contributed by atoms with Gasteiger partial charge in [0.1, 0.15) is 0 Å². The van der Waals surface area contributed by atoms with Gasteiger partial charge in [-0.1, -0.05) is 20.8 Å². The van der Waals surface area contributed by atoms with Crippen molar-refractivity contribution in [3.8, 4) is 0 Å². The number of aromatic amines is 1. The van der Waals surface area contributed by atoms with Crippen LogP contribution in [0.5, 0.6) is 0 Å². The smallest absolute Gasteiger partial charge is 0.264 e. The molecule has 16 heavy (non-hydrogen) atoms. The van der Waals surface area contributed by atoms with Crippen molar-refractivity contribution in [1.82, 2.24) is 10.2 Å². The minimum absolute atomic E-state index is 0.282. The molecule has 88 valence electrons. The molecule has 0 saturated heterocycles. The van der Waals surface area contributed by atoms with Gasteiger partial charge in [-0.05, 0) is 11.5 Å². The summed E-state index contributed by atoms with van der Waals surface area (Å²) in [5.74, 6) is -0.0450. The molecular weight excluding hydrogens is 208 g/mol. The van der Waals surface area contributed by atoms with Crippen LogP contribution < -0.4 is 16.6 Å². The third-order valence-corrected chi connectivity index (χ3v) is 2.15. The molecule has 0 aliphatic heterocycles. The first-order chi connectivity index (χ1) is 7.30. The van der Waals surface area contributed by atoms with Gasteiger partial charge in [0.05, 0.1) is 6.04 Å². The Bertz CT molecular complexity index is 413. The summed E-state index contributed by atoms with van der Waals surface area (Å²) in [7, 11) is 0. The van der Waals surface area contributed by atoms with Gasteiger partial charge >= 0.3 is 0 Å². The van der Waals surface area contributed by atoms with Crippen LogP contribution in [0.25, 0.3) is 0 Å². The third-order valence-electron chi connectivity index (χ3n) is 2.15. The normalized spacial score (nSPS) is 13.2. The zero-order chi connectivity index (χ0) is 12.3. The van der Waals surface area contributed by atoms with Crippen molar-refractivity contribution in [2.24, 2.45) is 11.1 Å². The number of amides is 1. The summed E-state index contributed by atoms with van der Waals surface area (Å²) in [5, 5.41) is 8.41. The number of nitrogens with zero attached hydrogens (tertiary/aromatic N) is 1. The van der Waals surface area contributed by atoms with Crippen molar-refractivity contribution in [1.29, 1.82) is 0 Å². The summed E-state index contributed by atoms with van der Waals surface area (Å²) < 4.78 is 0. The maximum atomic E-state index is 11.7. The maximum Gasteiger partial charge on any atom is 0.264 e. The Hall–Kier alpha value is -1.69. The number of carbonyl (C=O) groups is 1. The molecule has 0 unspecified atom stereocenters. The molecule has 1 aromatic rings. The predicted molar refractivity (Wildman–Crippen MR) is 60.9 cm³/mol. The van der Waals surface area contributed by atoms with Crippen LogP contribution >= 0.6 is 0 Å². The van der Waals surface area contributed by atoms with Gasteiger partial charge in [-0.3, -0.25) is 9.59 Å². The zero-order valence-corrected chi connectivity index (χ0v) is 9.57. The average molecular weight is 224 g/mol. The zero-order valence-electron chi connectivity index (χ0n) is 9.57. The number of hydrogen-bond donors (Lipinski definition) is 3. The Balaban J connectivity index is 2.72. The van der Waals surface area contributed by atoms with Crippen LogP contribution in [0.3, 0.4) is 0 Å². The number of H-pyrrole nitrogens is 1. The van der Waals surface area contributed by atoms with Crippen LogP contribution in [-0.4, -0.2) is 22.1 Å². The lowest BCUT2D eigenvalue weighted by Gasteiger charge is -2.25. The second-order valence-electron chi connectivity index (χ2n) is 4.64. The molecule has 0 fully saturated rings. The highest BCUT2D eigenvalue weighted by Crippen LogP contribution is 2.18. The van der Waals surface area contributed by atoms with Crippen molar-refractivity contribution in [2.45, 2.75) is 26.8 Å². The first-order valence-electron chi connectivity index (χ1n) is 4.93. The largest absolute Gasteiger partial charge is 0.319 e. The number of rotatable bonds is 2. The lowest BCUT2D eigenvalue weighted by atomic mass is 9.87. The molecule has 6 heteroatoms. The van der Waals surface area contributed by atoms with Gasteiger partial charge in [0.25, 0.3) is 5.56 Å². The minimum Gasteiger partial charge on any atom is -0.319 e. The van der Waals surface area contributed by atoms with Crippen molar-refractivity contribution in [3.05, 3.63) is 22.5 Å². The molecule has 0 aliphatic carbocycles. The van der Waals surface area contributed by atoms with Gasteiger partial charge in [0, 0.05) is 6.07 Å². The molecular formula is C10H16N4O2. The summed E-state index contributed by atoms with van der Waals surface area (Å²) in [6.07, 6.45) is 0. The molecule has 0 aliphatic rings. The quantitative estimate of drug-likeness (QED) is 0.662. The Labute approximate surface area is 93.2 Å². The Morgan fingerprint density at radius 1 is 1.50 bits per heavy atom. The number of aromatic nitrogens is 2. The lowest BCUT2D eigenvalue weighted by Crippen LogP contribution is -2.45. The molecule has 1 aromatic heterocycles. The van der Waals surface area contributed by atoms with Crippen LogP contribution in [0.4, 0.5) is 5.82 Å². The second-order valence-corrected chi connectivity index (χ2v) is 4.64. The van der Waals surface area contributed by atoms with Crippen molar-refractivity contribution in [3.63, 3.8) is 0 Å². The van der Waals surface area contributed by atoms with E-state index in [-0.39, 0.29) is 22.7 Å².